The van der Waals surface area contributed by atoms with Crippen molar-refractivity contribution in [1.82, 2.24) is 0 Å². The molecule has 0 aliphatic rings. The number of rotatable bonds is 5. The van der Waals surface area contributed by atoms with Gasteiger partial charge in [0.25, 0.3) is 5.78 Å². The number of hydrogen-bond acceptors (Lipinski definition) is 2. The molecule has 0 spiro atoms. The van der Waals surface area contributed by atoms with Crippen molar-refractivity contribution >= 4 is 5.78 Å². The summed E-state index contributed by atoms with van der Waals surface area (Å²) in [4.78, 5) is 10.9. The van der Waals surface area contributed by atoms with E-state index in [1.165, 1.54) is 0 Å². The molecule has 20 heavy (non-hydrogen) atoms. The Morgan fingerprint density at radius 1 is 1.20 bits per heavy atom. The molecule has 0 saturated carbocycles. The number of carbonyl (C=O) groups is 1. The maximum absolute atomic E-state index is 13.7. The van der Waals surface area contributed by atoms with Crippen molar-refractivity contribution < 1.29 is 35.9 Å². The molecule has 0 atom stereocenters. The summed E-state index contributed by atoms with van der Waals surface area (Å²) in [6.07, 6.45) is -4.47. The lowest BCUT2D eigenvalue weighted by atomic mass is 10.1. The minimum absolute atomic E-state index is 0.0106. The first-order valence-corrected chi connectivity index (χ1v) is 5.62. The number of ether oxygens (including phenoxy) is 1. The minimum Gasteiger partial charge on any atom is -0.488 e. The number of hydrogen-bond donors (Lipinski definition) is 0. The van der Waals surface area contributed by atoms with Gasteiger partial charge in [0.05, 0.1) is 6.61 Å². The van der Waals surface area contributed by atoms with Crippen LogP contribution in [0.3, 0.4) is 0 Å². The first-order chi connectivity index (χ1) is 9.20. The molecule has 0 radical (unpaired) electrons. The van der Waals surface area contributed by atoms with Gasteiger partial charge in [-0.2, -0.15) is 13.2 Å². The molecule has 112 valence electrons. The molecular weight excluding hydrogens is 290 g/mol. The monoisotopic (exact) mass is 300 g/mol. The van der Waals surface area contributed by atoms with Gasteiger partial charge >= 0.3 is 6.18 Å². The summed E-state index contributed by atoms with van der Waals surface area (Å²) in [6.45, 7) is 1.58. The Morgan fingerprint density at radius 2 is 1.80 bits per heavy atom. The van der Waals surface area contributed by atoms with Crippen LogP contribution in [0, 0.1) is 17.5 Å². The summed E-state index contributed by atoms with van der Waals surface area (Å²) in [6, 6.07) is -0.0106. The van der Waals surface area contributed by atoms with E-state index in [-0.39, 0.29) is 12.7 Å². The van der Waals surface area contributed by atoms with E-state index in [0.29, 0.717) is 12.8 Å². The third kappa shape index (κ3) is 3.43. The smallest absolute Gasteiger partial charge is 0.455 e. The van der Waals surface area contributed by atoms with Crippen molar-refractivity contribution in [2.24, 2.45) is 0 Å². The van der Waals surface area contributed by atoms with Crippen molar-refractivity contribution in [2.75, 3.05) is 6.61 Å². The van der Waals surface area contributed by atoms with E-state index < -0.39 is 40.7 Å². The topological polar surface area (TPSA) is 26.3 Å². The highest BCUT2D eigenvalue weighted by Gasteiger charge is 2.43. The molecule has 2 nitrogen and oxygen atoms in total. The van der Waals surface area contributed by atoms with E-state index in [4.69, 9.17) is 0 Å². The molecule has 0 unspecified atom stereocenters. The van der Waals surface area contributed by atoms with Crippen LogP contribution in [0.2, 0.25) is 0 Å². The Morgan fingerprint density at radius 3 is 2.30 bits per heavy atom. The van der Waals surface area contributed by atoms with Crippen LogP contribution in [0.1, 0.15) is 30.1 Å². The average molecular weight is 300 g/mol. The fourth-order valence-corrected chi connectivity index (χ4v) is 1.37. The lowest BCUT2D eigenvalue weighted by Crippen LogP contribution is -2.25. The van der Waals surface area contributed by atoms with Crippen molar-refractivity contribution in [2.45, 2.75) is 25.9 Å². The van der Waals surface area contributed by atoms with Crippen LogP contribution in [0.4, 0.5) is 26.3 Å². The van der Waals surface area contributed by atoms with Gasteiger partial charge in [-0.05, 0) is 6.42 Å². The average Bonchev–Trinajstić information content (AvgIpc) is 2.31. The van der Waals surface area contributed by atoms with E-state index in [0.717, 1.165) is 0 Å². The third-order valence-corrected chi connectivity index (χ3v) is 2.36. The zero-order valence-electron chi connectivity index (χ0n) is 10.3. The molecule has 0 aliphatic carbocycles. The highest BCUT2D eigenvalue weighted by atomic mass is 19.4. The zero-order valence-corrected chi connectivity index (χ0v) is 10.3. The summed E-state index contributed by atoms with van der Waals surface area (Å²) in [5.41, 5.74) is -1.87. The minimum atomic E-state index is -5.47. The SMILES string of the molecule is CCCCOc1c(F)cc(F)c(C(=O)C(F)(F)F)c1F. The quantitative estimate of drug-likeness (QED) is 0.466. The van der Waals surface area contributed by atoms with Gasteiger partial charge in [-0.3, -0.25) is 4.79 Å². The van der Waals surface area contributed by atoms with Gasteiger partial charge in [0, 0.05) is 6.07 Å². The van der Waals surface area contributed by atoms with Gasteiger partial charge in [0.2, 0.25) is 0 Å². The van der Waals surface area contributed by atoms with Crippen molar-refractivity contribution in [3.8, 4) is 5.75 Å². The van der Waals surface area contributed by atoms with Gasteiger partial charge < -0.3 is 4.74 Å². The van der Waals surface area contributed by atoms with Crippen molar-refractivity contribution in [3.05, 3.63) is 29.1 Å². The second kappa shape index (κ2) is 6.15. The Labute approximate surface area is 110 Å². The summed E-state index contributed by atoms with van der Waals surface area (Å²) in [5, 5.41) is 0. The predicted molar refractivity (Wildman–Crippen MR) is 57.1 cm³/mol. The maximum Gasteiger partial charge on any atom is 0.455 e. The molecule has 0 bridgehead atoms. The number of alkyl halides is 3. The Balaban J connectivity index is 3.26. The van der Waals surface area contributed by atoms with E-state index in [1.54, 1.807) is 6.92 Å². The summed E-state index contributed by atoms with van der Waals surface area (Å²) in [7, 11) is 0. The molecular formula is C12H10F6O2. The molecule has 0 heterocycles. The van der Waals surface area contributed by atoms with Gasteiger partial charge in [-0.1, -0.05) is 13.3 Å². The Bertz CT molecular complexity index is 510. The number of ketones is 1. The second-order valence-electron chi connectivity index (χ2n) is 3.89. The van der Waals surface area contributed by atoms with E-state index >= 15 is 0 Å². The number of halogens is 6. The van der Waals surface area contributed by atoms with Crippen LogP contribution < -0.4 is 4.74 Å². The van der Waals surface area contributed by atoms with Gasteiger partial charge in [-0.15, -0.1) is 0 Å². The largest absolute Gasteiger partial charge is 0.488 e. The standard InChI is InChI=1S/C12H10F6O2/c1-2-3-4-20-10-7(14)5-6(13)8(9(10)15)11(19)12(16,17)18/h5H,2-4H2,1H3. The molecule has 0 N–H and O–H groups in total. The van der Waals surface area contributed by atoms with Crippen molar-refractivity contribution in [3.63, 3.8) is 0 Å². The lowest BCUT2D eigenvalue weighted by molar-refractivity contribution is -0.0890. The molecule has 0 amide bonds. The van der Waals surface area contributed by atoms with Crippen molar-refractivity contribution in [1.29, 1.82) is 0 Å². The Hall–Kier alpha value is -1.73. The maximum atomic E-state index is 13.7. The Kier molecular flexibility index (Phi) is 5.02. The van der Waals surface area contributed by atoms with Gasteiger partial charge in [-0.25, -0.2) is 13.2 Å². The number of Topliss-reactive ketones (excluding diaryl/α,β-unsaturated/α-hetero) is 1. The highest BCUT2D eigenvalue weighted by Crippen LogP contribution is 2.31. The van der Waals surface area contributed by atoms with Crippen LogP contribution in [0.5, 0.6) is 5.75 Å². The summed E-state index contributed by atoms with van der Waals surface area (Å²) < 4.78 is 81.4. The van der Waals surface area contributed by atoms with Crippen LogP contribution >= 0.6 is 0 Å². The number of carbonyl (C=O) groups excluding carboxylic acids is 1. The highest BCUT2D eigenvalue weighted by molar-refractivity contribution is 6.01. The fraction of sp³-hybridized carbons (Fsp3) is 0.417. The number of benzene rings is 1. The first-order valence-electron chi connectivity index (χ1n) is 5.62. The summed E-state index contributed by atoms with van der Waals surface area (Å²) >= 11 is 0. The van der Waals surface area contributed by atoms with E-state index in [9.17, 15) is 31.1 Å². The van der Waals surface area contributed by atoms with E-state index in [2.05, 4.69) is 4.74 Å². The van der Waals surface area contributed by atoms with Crippen LogP contribution in [-0.4, -0.2) is 18.6 Å². The molecule has 0 fully saturated rings. The molecule has 0 aromatic heterocycles. The summed E-state index contributed by atoms with van der Waals surface area (Å²) in [5.74, 6) is -9.33. The normalized spacial score (nSPS) is 11.6. The number of unbranched alkanes of at least 4 members (excludes halogenated alkanes) is 1. The first kappa shape index (κ1) is 16.3. The van der Waals surface area contributed by atoms with Gasteiger partial charge in [0.1, 0.15) is 11.4 Å². The van der Waals surface area contributed by atoms with Crippen LogP contribution in [0.25, 0.3) is 0 Å². The van der Waals surface area contributed by atoms with Crippen LogP contribution in [0.15, 0.2) is 6.07 Å². The molecule has 8 heteroatoms. The third-order valence-electron chi connectivity index (χ3n) is 2.36. The predicted octanol–water partition coefficient (Wildman–Crippen LogP) is 4.03. The van der Waals surface area contributed by atoms with Gasteiger partial charge in [0.15, 0.2) is 17.4 Å². The zero-order chi connectivity index (χ0) is 15.5. The molecule has 1 rings (SSSR count). The molecule has 1 aromatic rings. The molecule has 1 aromatic carbocycles. The van der Waals surface area contributed by atoms with Crippen LogP contribution in [-0.2, 0) is 0 Å². The lowest BCUT2D eigenvalue weighted by Gasteiger charge is -2.12. The molecule has 0 aliphatic heterocycles. The van der Waals surface area contributed by atoms with E-state index in [1.807, 2.05) is 0 Å². The second-order valence-corrected chi connectivity index (χ2v) is 3.89. The fourth-order valence-electron chi connectivity index (χ4n) is 1.37. The molecule has 0 saturated heterocycles.